The van der Waals surface area contributed by atoms with Crippen LogP contribution in [0.5, 0.6) is 0 Å². The van der Waals surface area contributed by atoms with Crippen LogP contribution in [0.25, 0.3) is 0 Å². The first kappa shape index (κ1) is 12.6. The molecule has 0 aromatic carbocycles. The summed E-state index contributed by atoms with van der Waals surface area (Å²) in [4.78, 5) is 0. The lowest BCUT2D eigenvalue weighted by atomic mass is 10.1. The molecule has 0 fully saturated rings. The smallest absolute Gasteiger partial charge is 0.275 e. The topological polar surface area (TPSA) is 92.7 Å². The number of nitrogens with zero attached hydrogens (tertiary/aromatic N) is 3. The second-order valence-electron chi connectivity index (χ2n) is 4.28. The Balaban J connectivity index is 2.35. The van der Waals surface area contributed by atoms with Crippen LogP contribution >= 0.6 is 0 Å². The Morgan fingerprint density at radius 1 is 1.44 bits per heavy atom. The predicted octanol–water partition coefficient (Wildman–Crippen LogP) is 1.07. The first-order chi connectivity index (χ1) is 8.40. The third-order valence-electron chi connectivity index (χ3n) is 2.41. The molecular formula is C10H15N5O2S. The summed E-state index contributed by atoms with van der Waals surface area (Å²) in [6.07, 6.45) is 3.03. The minimum Gasteiger partial charge on any atom is -0.275 e. The standard InChI is InChI=1S/C10H15N5O2S/c1-7(2)10-8(6-15(3)13-10)14-18(16,17)9-4-5-11-12-9/h4-7,14H,1-3H3,(H,11,12). The van der Waals surface area contributed by atoms with Gasteiger partial charge in [0.1, 0.15) is 0 Å². The van der Waals surface area contributed by atoms with Crippen molar-refractivity contribution in [3.8, 4) is 0 Å². The molecule has 2 N–H and O–H groups in total. The van der Waals surface area contributed by atoms with E-state index in [1.807, 2.05) is 13.8 Å². The molecule has 0 aliphatic heterocycles. The van der Waals surface area contributed by atoms with Gasteiger partial charge >= 0.3 is 0 Å². The first-order valence-corrected chi connectivity index (χ1v) is 6.94. The molecule has 0 spiro atoms. The summed E-state index contributed by atoms with van der Waals surface area (Å²) in [6.45, 7) is 3.91. The van der Waals surface area contributed by atoms with Gasteiger partial charge in [-0.2, -0.15) is 18.6 Å². The summed E-state index contributed by atoms with van der Waals surface area (Å²) in [7, 11) is -1.88. The van der Waals surface area contributed by atoms with E-state index in [0.717, 1.165) is 0 Å². The van der Waals surface area contributed by atoms with E-state index in [1.54, 1.807) is 17.9 Å². The highest BCUT2D eigenvalue weighted by Crippen LogP contribution is 2.24. The van der Waals surface area contributed by atoms with Crippen molar-refractivity contribution < 1.29 is 8.42 Å². The molecule has 0 amide bonds. The SMILES string of the molecule is CC(C)c1nn(C)cc1NS(=O)(=O)c1ccn[nH]1. The van der Waals surface area contributed by atoms with E-state index in [9.17, 15) is 8.42 Å². The van der Waals surface area contributed by atoms with Crippen LogP contribution in [-0.2, 0) is 17.1 Å². The molecule has 2 aromatic heterocycles. The molecule has 0 saturated heterocycles. The molecule has 2 heterocycles. The minimum absolute atomic E-state index is 0.0288. The van der Waals surface area contributed by atoms with Crippen LogP contribution in [-0.4, -0.2) is 28.4 Å². The summed E-state index contributed by atoms with van der Waals surface area (Å²) in [5.74, 6) is 0.130. The molecule has 2 aromatic rings. The van der Waals surface area contributed by atoms with Crippen molar-refractivity contribution in [3.63, 3.8) is 0 Å². The fraction of sp³-hybridized carbons (Fsp3) is 0.400. The van der Waals surface area contributed by atoms with Crippen molar-refractivity contribution in [2.75, 3.05) is 4.72 Å². The fourth-order valence-electron chi connectivity index (χ4n) is 1.60. The van der Waals surface area contributed by atoms with Gasteiger partial charge < -0.3 is 0 Å². The van der Waals surface area contributed by atoms with E-state index in [0.29, 0.717) is 11.4 Å². The number of hydrogen-bond donors (Lipinski definition) is 2. The quantitative estimate of drug-likeness (QED) is 0.868. The van der Waals surface area contributed by atoms with Crippen LogP contribution in [0.3, 0.4) is 0 Å². The summed E-state index contributed by atoms with van der Waals surface area (Å²) in [5, 5.41) is 10.3. The molecule has 0 radical (unpaired) electrons. The van der Waals surface area contributed by atoms with Crippen LogP contribution in [0.2, 0.25) is 0 Å². The lowest BCUT2D eigenvalue weighted by Crippen LogP contribution is -2.14. The van der Waals surface area contributed by atoms with Gasteiger partial charge in [0, 0.05) is 13.2 Å². The normalized spacial score (nSPS) is 12.0. The van der Waals surface area contributed by atoms with Gasteiger partial charge in [-0.1, -0.05) is 13.8 Å². The van der Waals surface area contributed by atoms with E-state index in [2.05, 4.69) is 20.0 Å². The number of aromatic nitrogens is 4. The van der Waals surface area contributed by atoms with Crippen molar-refractivity contribution >= 4 is 15.7 Å². The highest BCUT2D eigenvalue weighted by molar-refractivity contribution is 7.92. The van der Waals surface area contributed by atoms with E-state index in [4.69, 9.17) is 0 Å². The van der Waals surface area contributed by atoms with Crippen molar-refractivity contribution in [2.24, 2.45) is 7.05 Å². The Morgan fingerprint density at radius 2 is 2.17 bits per heavy atom. The Labute approximate surface area is 105 Å². The second kappa shape index (κ2) is 4.45. The van der Waals surface area contributed by atoms with Gasteiger partial charge in [0.05, 0.1) is 17.6 Å². The largest absolute Gasteiger partial charge is 0.278 e. The molecule has 18 heavy (non-hydrogen) atoms. The maximum atomic E-state index is 12.0. The van der Waals surface area contributed by atoms with Crippen LogP contribution in [0.1, 0.15) is 25.5 Å². The molecule has 0 atom stereocenters. The van der Waals surface area contributed by atoms with E-state index < -0.39 is 10.0 Å². The summed E-state index contributed by atoms with van der Waals surface area (Å²) >= 11 is 0. The van der Waals surface area contributed by atoms with Gasteiger partial charge in [0.25, 0.3) is 10.0 Å². The fourth-order valence-corrected chi connectivity index (χ4v) is 2.57. The van der Waals surface area contributed by atoms with E-state index in [1.165, 1.54) is 12.3 Å². The molecule has 0 aliphatic rings. The summed E-state index contributed by atoms with van der Waals surface area (Å²) in [6, 6.07) is 1.40. The number of aromatic amines is 1. The predicted molar refractivity (Wildman–Crippen MR) is 66.7 cm³/mol. The molecule has 7 nitrogen and oxygen atoms in total. The molecular weight excluding hydrogens is 254 g/mol. The maximum absolute atomic E-state index is 12.0. The first-order valence-electron chi connectivity index (χ1n) is 5.46. The Bertz CT molecular complexity index is 627. The van der Waals surface area contributed by atoms with Gasteiger partial charge in [-0.3, -0.25) is 14.5 Å². The van der Waals surface area contributed by atoms with Crippen molar-refractivity contribution in [3.05, 3.63) is 24.2 Å². The van der Waals surface area contributed by atoms with Crippen molar-refractivity contribution in [1.82, 2.24) is 20.0 Å². The summed E-state index contributed by atoms with van der Waals surface area (Å²) < 4.78 is 28.1. The molecule has 98 valence electrons. The number of rotatable bonds is 4. The van der Waals surface area contributed by atoms with Gasteiger partial charge in [-0.05, 0) is 12.0 Å². The Morgan fingerprint density at radius 3 is 2.72 bits per heavy atom. The Hall–Kier alpha value is -1.83. The number of anilines is 1. The van der Waals surface area contributed by atoms with Gasteiger partial charge in [-0.25, -0.2) is 0 Å². The van der Waals surface area contributed by atoms with Crippen LogP contribution in [0.4, 0.5) is 5.69 Å². The lowest BCUT2D eigenvalue weighted by molar-refractivity contribution is 0.597. The van der Waals surface area contributed by atoms with Gasteiger partial charge in [0.15, 0.2) is 5.03 Å². The van der Waals surface area contributed by atoms with Crippen LogP contribution in [0.15, 0.2) is 23.5 Å². The zero-order chi connectivity index (χ0) is 13.3. The van der Waals surface area contributed by atoms with E-state index in [-0.39, 0.29) is 10.9 Å². The molecule has 8 heteroatoms. The molecule has 0 aliphatic carbocycles. The zero-order valence-corrected chi connectivity index (χ0v) is 11.2. The number of sulfonamides is 1. The molecule has 2 rings (SSSR count). The number of hydrogen-bond acceptors (Lipinski definition) is 4. The third kappa shape index (κ3) is 2.37. The average molecular weight is 269 g/mol. The summed E-state index contributed by atoms with van der Waals surface area (Å²) in [5.41, 5.74) is 1.20. The lowest BCUT2D eigenvalue weighted by Gasteiger charge is -2.07. The molecule has 0 saturated carbocycles. The van der Waals surface area contributed by atoms with E-state index >= 15 is 0 Å². The third-order valence-corrected chi connectivity index (χ3v) is 3.71. The monoisotopic (exact) mass is 269 g/mol. The van der Waals surface area contributed by atoms with Gasteiger partial charge in [0.2, 0.25) is 0 Å². The number of H-pyrrole nitrogens is 1. The molecule has 0 bridgehead atoms. The highest BCUT2D eigenvalue weighted by Gasteiger charge is 2.20. The van der Waals surface area contributed by atoms with Gasteiger partial charge in [-0.15, -0.1) is 0 Å². The van der Waals surface area contributed by atoms with Crippen molar-refractivity contribution in [1.29, 1.82) is 0 Å². The van der Waals surface area contributed by atoms with Crippen molar-refractivity contribution in [2.45, 2.75) is 24.8 Å². The van der Waals surface area contributed by atoms with Crippen LogP contribution < -0.4 is 4.72 Å². The second-order valence-corrected chi connectivity index (χ2v) is 5.93. The number of aryl methyl sites for hydroxylation is 1. The average Bonchev–Trinajstić information content (AvgIpc) is 2.86. The minimum atomic E-state index is -3.63. The maximum Gasteiger partial charge on any atom is 0.278 e. The Kier molecular flexibility index (Phi) is 3.12. The zero-order valence-electron chi connectivity index (χ0n) is 10.4. The highest BCUT2D eigenvalue weighted by atomic mass is 32.2. The molecule has 0 unspecified atom stereocenters. The number of nitrogens with one attached hydrogen (secondary N) is 2. The van der Waals surface area contributed by atoms with Crippen LogP contribution in [0, 0.1) is 0 Å².